The number of hydrogen-bond donors (Lipinski definition) is 1. The Morgan fingerprint density at radius 1 is 1.38 bits per heavy atom. The van der Waals surface area contributed by atoms with E-state index in [9.17, 15) is 0 Å². The van der Waals surface area contributed by atoms with E-state index in [4.69, 9.17) is 28.9 Å². The minimum Gasteiger partial charge on any atom is -0.333 e. The number of aromatic nitrogens is 2. The highest BCUT2D eigenvalue weighted by atomic mass is 35.5. The third kappa shape index (κ3) is 1.94. The van der Waals surface area contributed by atoms with E-state index >= 15 is 0 Å². The molecule has 0 aliphatic carbocycles. The molecule has 16 heavy (non-hydrogen) atoms. The molecular weight excluding hydrogens is 245 g/mol. The molecule has 0 fully saturated rings. The van der Waals surface area contributed by atoms with E-state index < -0.39 is 0 Å². The molecule has 1 aromatic carbocycles. The number of imidazole rings is 1. The molecule has 3 nitrogen and oxygen atoms in total. The highest BCUT2D eigenvalue weighted by molar-refractivity contribution is 6.36. The summed E-state index contributed by atoms with van der Waals surface area (Å²) in [5, 5.41) is 1.22. The highest BCUT2D eigenvalue weighted by Crippen LogP contribution is 2.31. The maximum Gasteiger partial charge on any atom is 0.0952 e. The van der Waals surface area contributed by atoms with E-state index in [0.717, 1.165) is 17.0 Å². The fraction of sp³-hybridized carbons (Fsp3) is 0.182. The molecule has 0 unspecified atom stereocenters. The molecule has 0 saturated heterocycles. The molecule has 0 amide bonds. The van der Waals surface area contributed by atoms with Crippen LogP contribution in [0.4, 0.5) is 0 Å². The normalized spacial score (nSPS) is 10.8. The lowest BCUT2D eigenvalue weighted by Gasteiger charge is -2.07. The number of nitrogens with zero attached hydrogens (tertiary/aromatic N) is 2. The van der Waals surface area contributed by atoms with Gasteiger partial charge in [-0.15, -0.1) is 0 Å². The molecule has 0 saturated carbocycles. The summed E-state index contributed by atoms with van der Waals surface area (Å²) in [7, 11) is 1.91. The zero-order valence-electron chi connectivity index (χ0n) is 8.74. The number of benzene rings is 1. The van der Waals surface area contributed by atoms with Crippen molar-refractivity contribution in [1.82, 2.24) is 9.55 Å². The Balaban J connectivity index is 2.62. The van der Waals surface area contributed by atoms with Gasteiger partial charge in [-0.25, -0.2) is 4.98 Å². The van der Waals surface area contributed by atoms with Crippen LogP contribution in [0.5, 0.6) is 0 Å². The van der Waals surface area contributed by atoms with Gasteiger partial charge >= 0.3 is 0 Å². The Kier molecular flexibility index (Phi) is 3.19. The third-order valence-corrected chi connectivity index (χ3v) is 2.94. The Hall–Kier alpha value is -1.03. The molecule has 2 rings (SSSR count). The lowest BCUT2D eigenvalue weighted by Crippen LogP contribution is -2.00. The molecule has 1 heterocycles. The topological polar surface area (TPSA) is 43.8 Å². The van der Waals surface area contributed by atoms with Crippen molar-refractivity contribution in [3.05, 3.63) is 40.3 Å². The smallest absolute Gasteiger partial charge is 0.0952 e. The van der Waals surface area contributed by atoms with Gasteiger partial charge in [0, 0.05) is 24.2 Å². The summed E-state index contributed by atoms with van der Waals surface area (Å²) in [6.45, 7) is 0.384. The monoisotopic (exact) mass is 255 g/mol. The van der Waals surface area contributed by atoms with Gasteiger partial charge < -0.3 is 10.3 Å². The van der Waals surface area contributed by atoms with E-state index in [1.54, 1.807) is 18.5 Å². The average Bonchev–Trinajstić information content (AvgIpc) is 2.60. The van der Waals surface area contributed by atoms with Gasteiger partial charge in [-0.1, -0.05) is 23.2 Å². The quantitative estimate of drug-likeness (QED) is 0.897. The predicted octanol–water partition coefficient (Wildman–Crippen LogP) is 2.85. The van der Waals surface area contributed by atoms with Crippen molar-refractivity contribution in [2.75, 3.05) is 0 Å². The molecular formula is C11H11Cl2N3. The fourth-order valence-electron chi connectivity index (χ4n) is 1.66. The minimum absolute atomic E-state index is 0.384. The third-order valence-electron chi connectivity index (χ3n) is 2.39. The van der Waals surface area contributed by atoms with Crippen LogP contribution in [-0.2, 0) is 13.6 Å². The molecule has 1 aromatic heterocycles. The molecule has 0 radical (unpaired) electrons. The number of nitrogens with two attached hydrogens (primary N) is 1. The summed E-state index contributed by atoms with van der Waals surface area (Å²) in [6, 6.07) is 5.39. The maximum atomic E-state index is 6.16. The van der Waals surface area contributed by atoms with E-state index in [0.29, 0.717) is 16.6 Å². The van der Waals surface area contributed by atoms with Crippen LogP contribution in [0.15, 0.2) is 24.5 Å². The standard InChI is InChI=1S/C11H11Cl2N3/c1-16-6-15-10(5-14)11(16)8-3-2-7(12)4-9(8)13/h2-4,6H,5,14H2,1H3. The first-order chi connectivity index (χ1) is 7.63. The van der Waals surface area contributed by atoms with Crippen molar-refractivity contribution in [3.63, 3.8) is 0 Å². The molecule has 0 spiro atoms. The van der Waals surface area contributed by atoms with Crippen molar-refractivity contribution < 1.29 is 0 Å². The first-order valence-electron chi connectivity index (χ1n) is 4.79. The molecule has 0 atom stereocenters. The molecule has 2 aromatic rings. The van der Waals surface area contributed by atoms with Crippen molar-refractivity contribution >= 4 is 23.2 Å². The second kappa shape index (κ2) is 4.45. The van der Waals surface area contributed by atoms with Gasteiger partial charge in [0.25, 0.3) is 0 Å². The van der Waals surface area contributed by atoms with Gasteiger partial charge in [0.05, 0.1) is 22.7 Å². The summed E-state index contributed by atoms with van der Waals surface area (Å²) in [5.41, 5.74) is 8.29. The molecule has 84 valence electrons. The van der Waals surface area contributed by atoms with Gasteiger partial charge in [-0.3, -0.25) is 0 Å². The van der Waals surface area contributed by atoms with E-state index in [1.807, 2.05) is 17.7 Å². The number of rotatable bonds is 2. The van der Waals surface area contributed by atoms with Gasteiger partial charge in [0.2, 0.25) is 0 Å². The van der Waals surface area contributed by atoms with Crippen LogP contribution in [0.25, 0.3) is 11.3 Å². The van der Waals surface area contributed by atoms with Crippen LogP contribution in [-0.4, -0.2) is 9.55 Å². The largest absolute Gasteiger partial charge is 0.333 e. The lowest BCUT2D eigenvalue weighted by atomic mass is 10.1. The van der Waals surface area contributed by atoms with Gasteiger partial charge in [-0.05, 0) is 18.2 Å². The summed E-state index contributed by atoms with van der Waals surface area (Å²) < 4.78 is 1.90. The SMILES string of the molecule is Cn1cnc(CN)c1-c1ccc(Cl)cc1Cl. The fourth-order valence-corrected chi connectivity index (χ4v) is 2.15. The van der Waals surface area contributed by atoms with Crippen molar-refractivity contribution in [2.24, 2.45) is 12.8 Å². The van der Waals surface area contributed by atoms with Crippen molar-refractivity contribution in [2.45, 2.75) is 6.54 Å². The van der Waals surface area contributed by atoms with Crippen LogP contribution < -0.4 is 5.73 Å². The average molecular weight is 256 g/mol. The maximum absolute atomic E-state index is 6.16. The first kappa shape index (κ1) is 11.5. The van der Waals surface area contributed by atoms with E-state index in [1.165, 1.54) is 0 Å². The Labute approximate surface area is 104 Å². The Morgan fingerprint density at radius 3 is 2.75 bits per heavy atom. The summed E-state index contributed by atoms with van der Waals surface area (Å²) in [5.74, 6) is 0. The van der Waals surface area contributed by atoms with Gasteiger partial charge in [0.1, 0.15) is 0 Å². The summed E-state index contributed by atoms with van der Waals surface area (Å²) in [4.78, 5) is 4.22. The Bertz CT molecular complexity index is 520. The first-order valence-corrected chi connectivity index (χ1v) is 5.54. The van der Waals surface area contributed by atoms with Crippen LogP contribution in [0.2, 0.25) is 10.0 Å². The Morgan fingerprint density at radius 2 is 2.12 bits per heavy atom. The van der Waals surface area contributed by atoms with Crippen LogP contribution in [0.1, 0.15) is 5.69 Å². The summed E-state index contributed by atoms with van der Waals surface area (Å²) in [6.07, 6.45) is 1.72. The number of aryl methyl sites for hydroxylation is 1. The van der Waals surface area contributed by atoms with Gasteiger partial charge in [-0.2, -0.15) is 0 Å². The minimum atomic E-state index is 0.384. The molecule has 0 bridgehead atoms. The van der Waals surface area contributed by atoms with E-state index in [2.05, 4.69) is 4.98 Å². The molecule has 0 aliphatic heterocycles. The number of hydrogen-bond acceptors (Lipinski definition) is 2. The van der Waals surface area contributed by atoms with Gasteiger partial charge in [0.15, 0.2) is 0 Å². The molecule has 0 aliphatic rings. The van der Waals surface area contributed by atoms with Crippen molar-refractivity contribution in [3.8, 4) is 11.3 Å². The van der Waals surface area contributed by atoms with Crippen LogP contribution in [0, 0.1) is 0 Å². The van der Waals surface area contributed by atoms with E-state index in [-0.39, 0.29) is 0 Å². The zero-order valence-corrected chi connectivity index (χ0v) is 10.3. The second-order valence-electron chi connectivity index (χ2n) is 3.48. The predicted molar refractivity (Wildman–Crippen MR) is 66.6 cm³/mol. The molecule has 2 N–H and O–H groups in total. The zero-order chi connectivity index (χ0) is 11.7. The van der Waals surface area contributed by atoms with Crippen LogP contribution >= 0.6 is 23.2 Å². The lowest BCUT2D eigenvalue weighted by molar-refractivity contribution is 0.920. The summed E-state index contributed by atoms with van der Waals surface area (Å²) >= 11 is 12.0. The van der Waals surface area contributed by atoms with Crippen molar-refractivity contribution in [1.29, 1.82) is 0 Å². The van der Waals surface area contributed by atoms with Crippen LogP contribution in [0.3, 0.4) is 0 Å². The second-order valence-corrected chi connectivity index (χ2v) is 4.32. The molecule has 5 heteroatoms. The highest BCUT2D eigenvalue weighted by Gasteiger charge is 2.13. The number of halogens is 2.